The third-order valence-electron chi connectivity index (χ3n) is 2.98. The molecule has 84 valence electrons. The molecule has 0 aliphatic carbocycles. The number of nitrogens with two attached hydrogens (primary N) is 1. The number of nitrogen functional groups attached to an aromatic ring is 1. The average Bonchev–Trinajstić information content (AvgIpc) is 2.69. The Kier molecular flexibility index (Phi) is 2.18. The predicted molar refractivity (Wildman–Crippen MR) is 64.7 cm³/mol. The molecule has 0 spiro atoms. The van der Waals surface area contributed by atoms with Crippen LogP contribution >= 0.6 is 0 Å². The number of hydrogen-bond acceptors (Lipinski definition) is 4. The second kappa shape index (κ2) is 3.68. The van der Waals surface area contributed by atoms with Gasteiger partial charge in [0.1, 0.15) is 5.69 Å². The minimum atomic E-state index is 0.780. The third-order valence-corrected chi connectivity index (χ3v) is 2.98. The fourth-order valence-electron chi connectivity index (χ4n) is 2.12. The van der Waals surface area contributed by atoms with Crippen LogP contribution in [0, 0.1) is 0 Å². The van der Waals surface area contributed by atoms with Gasteiger partial charge in [0.2, 0.25) is 0 Å². The summed E-state index contributed by atoms with van der Waals surface area (Å²) in [5.74, 6) is 0.910. The maximum atomic E-state index is 6.12. The van der Waals surface area contributed by atoms with Gasteiger partial charge in [0.05, 0.1) is 5.52 Å². The maximum Gasteiger partial charge on any atom is 0.175 e. The second-order valence-electron chi connectivity index (χ2n) is 4.00. The van der Waals surface area contributed by atoms with Crippen molar-refractivity contribution in [1.29, 1.82) is 0 Å². The van der Waals surface area contributed by atoms with Crippen LogP contribution in [0.15, 0.2) is 24.4 Å². The zero-order chi connectivity index (χ0) is 11.0. The molecule has 1 fully saturated rings. The molecule has 1 saturated heterocycles. The number of fused-ring (bicyclic) bond motifs is 1. The third kappa shape index (κ3) is 1.40. The predicted octanol–water partition coefficient (Wildman–Crippen LogP) is 0.326. The topological polar surface area (TPSA) is 58.6 Å². The van der Waals surface area contributed by atoms with E-state index in [2.05, 4.69) is 15.3 Å². The van der Waals surface area contributed by atoms with E-state index in [9.17, 15) is 0 Å². The minimum absolute atomic E-state index is 0.780. The number of hydrogen-bond donors (Lipinski definition) is 2. The van der Waals surface area contributed by atoms with Gasteiger partial charge in [0.15, 0.2) is 5.82 Å². The highest BCUT2D eigenvalue weighted by molar-refractivity contribution is 5.81. The summed E-state index contributed by atoms with van der Waals surface area (Å²) in [6.45, 7) is 3.92. The Bertz CT molecular complexity index is 498. The van der Waals surface area contributed by atoms with Crippen LogP contribution in [0.2, 0.25) is 0 Å². The zero-order valence-corrected chi connectivity index (χ0v) is 9.06. The first kappa shape index (κ1) is 9.47. The second-order valence-corrected chi connectivity index (χ2v) is 4.00. The largest absolute Gasteiger partial charge is 0.394 e. The summed E-state index contributed by atoms with van der Waals surface area (Å²) in [6, 6.07) is 5.93. The highest BCUT2D eigenvalue weighted by Gasteiger charge is 2.17. The Labute approximate surface area is 93.8 Å². The summed E-state index contributed by atoms with van der Waals surface area (Å²) in [4.78, 5) is 2.23. The van der Waals surface area contributed by atoms with Crippen LogP contribution < -0.4 is 16.0 Å². The molecule has 0 atom stereocenters. The number of nitrogens with zero attached hydrogens (tertiary/aromatic N) is 3. The minimum Gasteiger partial charge on any atom is -0.394 e. The van der Waals surface area contributed by atoms with Crippen molar-refractivity contribution in [3.05, 3.63) is 24.4 Å². The fourth-order valence-corrected chi connectivity index (χ4v) is 2.12. The maximum absolute atomic E-state index is 6.12. The molecule has 0 saturated carbocycles. The van der Waals surface area contributed by atoms with Gasteiger partial charge >= 0.3 is 0 Å². The molecule has 2 aromatic rings. The Morgan fingerprint density at radius 2 is 2.06 bits per heavy atom. The van der Waals surface area contributed by atoms with Crippen LogP contribution in [0.4, 0.5) is 11.5 Å². The van der Waals surface area contributed by atoms with E-state index in [1.54, 1.807) is 0 Å². The van der Waals surface area contributed by atoms with Crippen molar-refractivity contribution in [3.63, 3.8) is 0 Å². The molecule has 3 rings (SSSR count). The molecule has 5 nitrogen and oxygen atoms in total. The van der Waals surface area contributed by atoms with Gasteiger partial charge in [-0.1, -0.05) is 6.07 Å². The van der Waals surface area contributed by atoms with Crippen molar-refractivity contribution in [2.75, 3.05) is 36.8 Å². The Morgan fingerprint density at radius 3 is 2.81 bits per heavy atom. The van der Waals surface area contributed by atoms with Crippen LogP contribution in [0.25, 0.3) is 5.52 Å². The van der Waals surface area contributed by atoms with Crippen LogP contribution in [-0.4, -0.2) is 35.8 Å². The molecule has 16 heavy (non-hydrogen) atoms. The van der Waals surface area contributed by atoms with Gasteiger partial charge < -0.3 is 16.0 Å². The van der Waals surface area contributed by atoms with Crippen molar-refractivity contribution in [1.82, 2.24) is 14.9 Å². The lowest BCUT2D eigenvalue weighted by Gasteiger charge is -2.27. The highest BCUT2D eigenvalue weighted by Crippen LogP contribution is 2.26. The number of pyridine rings is 1. The SMILES string of the molecule is Nc1c(N2CCNCC2)nn2ccccc12. The number of aromatic nitrogens is 2. The molecule has 2 aromatic heterocycles. The van der Waals surface area contributed by atoms with E-state index >= 15 is 0 Å². The van der Waals surface area contributed by atoms with Crippen molar-refractivity contribution >= 4 is 17.0 Å². The highest BCUT2D eigenvalue weighted by atomic mass is 15.3. The summed E-state index contributed by atoms with van der Waals surface area (Å²) in [5, 5.41) is 7.85. The molecule has 0 radical (unpaired) electrons. The van der Waals surface area contributed by atoms with E-state index in [1.165, 1.54) is 0 Å². The lowest BCUT2D eigenvalue weighted by atomic mass is 10.3. The van der Waals surface area contributed by atoms with Crippen LogP contribution in [-0.2, 0) is 0 Å². The van der Waals surface area contributed by atoms with Gasteiger partial charge in [-0.2, -0.15) is 0 Å². The Morgan fingerprint density at radius 1 is 1.25 bits per heavy atom. The molecule has 0 amide bonds. The van der Waals surface area contributed by atoms with E-state index in [0.29, 0.717) is 0 Å². The molecule has 5 heteroatoms. The number of nitrogens with one attached hydrogen (secondary N) is 1. The molecule has 1 aliphatic rings. The molecule has 3 heterocycles. The quantitative estimate of drug-likeness (QED) is 0.722. The standard InChI is InChI=1S/C11H15N5/c12-10-9-3-1-2-6-16(9)14-11(10)15-7-4-13-5-8-15/h1-3,6,13H,4-5,7-8,12H2. The van der Waals surface area contributed by atoms with Gasteiger partial charge in [-0.3, -0.25) is 0 Å². The fraction of sp³-hybridized carbons (Fsp3) is 0.364. The molecule has 3 N–H and O–H groups in total. The first-order valence-electron chi connectivity index (χ1n) is 5.55. The molecular weight excluding hydrogens is 202 g/mol. The lowest BCUT2D eigenvalue weighted by molar-refractivity contribution is 0.584. The normalized spacial score (nSPS) is 16.9. The van der Waals surface area contributed by atoms with E-state index in [1.807, 2.05) is 28.9 Å². The van der Waals surface area contributed by atoms with Gasteiger partial charge in [0, 0.05) is 32.4 Å². The average molecular weight is 217 g/mol. The summed E-state index contributed by atoms with van der Waals surface area (Å²) >= 11 is 0. The Hall–Kier alpha value is -1.75. The van der Waals surface area contributed by atoms with E-state index < -0.39 is 0 Å². The molecule has 0 aromatic carbocycles. The summed E-state index contributed by atoms with van der Waals surface area (Å²) in [6.07, 6.45) is 1.93. The van der Waals surface area contributed by atoms with Crippen LogP contribution in [0.3, 0.4) is 0 Å². The molecular formula is C11H15N5. The number of rotatable bonds is 1. The molecule has 0 bridgehead atoms. The summed E-state index contributed by atoms with van der Waals surface area (Å²) < 4.78 is 1.84. The van der Waals surface area contributed by atoms with E-state index in [4.69, 9.17) is 5.73 Å². The smallest absolute Gasteiger partial charge is 0.175 e. The lowest BCUT2D eigenvalue weighted by Crippen LogP contribution is -2.44. The monoisotopic (exact) mass is 217 g/mol. The van der Waals surface area contributed by atoms with Crippen molar-refractivity contribution in [2.24, 2.45) is 0 Å². The van der Waals surface area contributed by atoms with E-state index in [0.717, 1.165) is 43.2 Å². The van der Waals surface area contributed by atoms with Gasteiger partial charge in [-0.25, -0.2) is 4.52 Å². The molecule has 0 unspecified atom stereocenters. The number of piperazine rings is 1. The van der Waals surface area contributed by atoms with Gasteiger partial charge in [-0.05, 0) is 12.1 Å². The number of anilines is 2. The van der Waals surface area contributed by atoms with Crippen molar-refractivity contribution < 1.29 is 0 Å². The molecule has 1 aliphatic heterocycles. The Balaban J connectivity index is 2.05. The van der Waals surface area contributed by atoms with Crippen molar-refractivity contribution in [3.8, 4) is 0 Å². The van der Waals surface area contributed by atoms with Gasteiger partial charge in [0.25, 0.3) is 0 Å². The van der Waals surface area contributed by atoms with Crippen LogP contribution in [0.1, 0.15) is 0 Å². The van der Waals surface area contributed by atoms with Crippen molar-refractivity contribution in [2.45, 2.75) is 0 Å². The summed E-state index contributed by atoms with van der Waals surface area (Å²) in [5.41, 5.74) is 7.89. The summed E-state index contributed by atoms with van der Waals surface area (Å²) in [7, 11) is 0. The zero-order valence-electron chi connectivity index (χ0n) is 9.06. The van der Waals surface area contributed by atoms with Gasteiger partial charge in [-0.15, -0.1) is 5.10 Å². The van der Waals surface area contributed by atoms with Crippen LogP contribution in [0.5, 0.6) is 0 Å². The van der Waals surface area contributed by atoms with E-state index in [-0.39, 0.29) is 0 Å². The first-order chi connectivity index (χ1) is 7.86. The first-order valence-corrected chi connectivity index (χ1v) is 5.55.